The minimum Gasteiger partial charge on any atom is -0.388 e. The molecule has 1 aliphatic rings. The van der Waals surface area contributed by atoms with E-state index in [2.05, 4.69) is 35.9 Å². The molecular weight excluding hydrogens is 326 g/mol. The van der Waals surface area contributed by atoms with E-state index in [0.717, 1.165) is 12.1 Å². The van der Waals surface area contributed by atoms with Gasteiger partial charge in [-0.1, -0.05) is 50.8 Å². The van der Waals surface area contributed by atoms with Crippen LogP contribution in [0, 0.1) is 0 Å². The number of rotatable bonds is 8. The van der Waals surface area contributed by atoms with Crippen LogP contribution in [0.15, 0.2) is 47.6 Å². The van der Waals surface area contributed by atoms with E-state index in [1.165, 1.54) is 5.56 Å². The lowest BCUT2D eigenvalue weighted by molar-refractivity contribution is -0.135. The normalized spacial score (nSPS) is 17.9. The minimum atomic E-state index is -0.790. The van der Waals surface area contributed by atoms with Crippen molar-refractivity contribution < 1.29 is 9.90 Å². The van der Waals surface area contributed by atoms with Gasteiger partial charge in [-0.25, -0.2) is 4.99 Å². The van der Waals surface area contributed by atoms with Crippen LogP contribution in [0.1, 0.15) is 51.0 Å². The maximum Gasteiger partial charge on any atom is 0.223 e. The Bertz CT molecular complexity index is 619. The number of carbonyl (C=O) groups is 1. The zero-order valence-electron chi connectivity index (χ0n) is 15.9. The zero-order chi connectivity index (χ0) is 19.0. The van der Waals surface area contributed by atoms with Crippen molar-refractivity contribution in [3.8, 4) is 0 Å². The molecular formula is C21H31N3O2. The molecule has 142 valence electrons. The van der Waals surface area contributed by atoms with E-state index in [4.69, 9.17) is 0 Å². The maximum atomic E-state index is 12.6. The first-order valence-corrected chi connectivity index (χ1v) is 9.42. The van der Waals surface area contributed by atoms with Crippen molar-refractivity contribution in [1.29, 1.82) is 0 Å². The molecule has 0 spiro atoms. The lowest BCUT2D eigenvalue weighted by Gasteiger charge is -2.38. The molecule has 0 radical (unpaired) electrons. The number of carbonyl (C=O) groups excluding carboxylic acids is 1. The van der Waals surface area contributed by atoms with Gasteiger partial charge in [0.2, 0.25) is 5.91 Å². The fourth-order valence-corrected chi connectivity index (χ4v) is 3.10. The summed E-state index contributed by atoms with van der Waals surface area (Å²) in [5, 5.41) is 13.7. The third-order valence-corrected chi connectivity index (χ3v) is 5.07. The van der Waals surface area contributed by atoms with E-state index >= 15 is 0 Å². The van der Waals surface area contributed by atoms with Gasteiger partial charge in [0.25, 0.3) is 0 Å². The van der Waals surface area contributed by atoms with E-state index in [9.17, 15) is 9.90 Å². The van der Waals surface area contributed by atoms with E-state index in [1.807, 2.05) is 30.0 Å². The molecule has 1 aromatic rings. The molecule has 1 amide bonds. The summed E-state index contributed by atoms with van der Waals surface area (Å²) in [6.07, 6.45) is 4.07. The Morgan fingerprint density at radius 3 is 2.65 bits per heavy atom. The van der Waals surface area contributed by atoms with E-state index in [0.29, 0.717) is 38.9 Å². The SMILES string of the molecule is C=C(CC)/N=C\NCC1(O)CCN(C(=O)C[C@@H](C)c2ccccc2)CC1. The summed E-state index contributed by atoms with van der Waals surface area (Å²) < 4.78 is 0. The predicted molar refractivity (Wildman–Crippen MR) is 106 cm³/mol. The Hall–Kier alpha value is -2.14. The number of piperidine rings is 1. The van der Waals surface area contributed by atoms with Crippen molar-refractivity contribution in [1.82, 2.24) is 10.2 Å². The highest BCUT2D eigenvalue weighted by molar-refractivity contribution is 5.77. The summed E-state index contributed by atoms with van der Waals surface area (Å²) >= 11 is 0. The topological polar surface area (TPSA) is 64.9 Å². The average molecular weight is 357 g/mol. The number of aliphatic hydroxyl groups is 1. The molecule has 1 aliphatic heterocycles. The van der Waals surface area contributed by atoms with Crippen molar-refractivity contribution in [2.75, 3.05) is 19.6 Å². The Balaban J connectivity index is 1.77. The van der Waals surface area contributed by atoms with Crippen LogP contribution in [-0.2, 0) is 4.79 Å². The fourth-order valence-electron chi connectivity index (χ4n) is 3.10. The summed E-state index contributed by atoms with van der Waals surface area (Å²) in [7, 11) is 0. The number of likely N-dealkylation sites (tertiary alicyclic amines) is 1. The molecule has 1 fully saturated rings. The third kappa shape index (κ3) is 5.99. The molecule has 2 N–H and O–H groups in total. The van der Waals surface area contributed by atoms with Crippen LogP contribution in [0.5, 0.6) is 0 Å². The molecule has 1 atom stereocenters. The molecule has 5 heteroatoms. The van der Waals surface area contributed by atoms with E-state index in [-0.39, 0.29) is 11.8 Å². The van der Waals surface area contributed by atoms with Crippen LogP contribution in [0.2, 0.25) is 0 Å². The van der Waals surface area contributed by atoms with Crippen molar-refractivity contribution in [3.63, 3.8) is 0 Å². The maximum absolute atomic E-state index is 12.6. The number of amides is 1. The quantitative estimate of drug-likeness (QED) is 0.555. The first-order chi connectivity index (χ1) is 12.4. The Morgan fingerprint density at radius 1 is 1.38 bits per heavy atom. The Labute approximate surface area is 156 Å². The number of benzene rings is 1. The zero-order valence-corrected chi connectivity index (χ0v) is 15.9. The lowest BCUT2D eigenvalue weighted by Crippen LogP contribution is -2.51. The number of nitrogens with zero attached hydrogens (tertiary/aromatic N) is 2. The summed E-state index contributed by atoms with van der Waals surface area (Å²) in [6, 6.07) is 10.1. The highest BCUT2D eigenvalue weighted by Crippen LogP contribution is 2.24. The monoisotopic (exact) mass is 357 g/mol. The molecule has 5 nitrogen and oxygen atoms in total. The highest BCUT2D eigenvalue weighted by Gasteiger charge is 2.33. The lowest BCUT2D eigenvalue weighted by atomic mass is 9.90. The number of aliphatic imine (C=N–C) groups is 1. The largest absolute Gasteiger partial charge is 0.388 e. The number of hydrogen-bond donors (Lipinski definition) is 2. The fraction of sp³-hybridized carbons (Fsp3) is 0.524. The summed E-state index contributed by atoms with van der Waals surface area (Å²) in [5.41, 5.74) is 1.20. The molecule has 2 rings (SSSR count). The van der Waals surface area contributed by atoms with Crippen LogP contribution < -0.4 is 5.32 Å². The van der Waals surface area contributed by atoms with Gasteiger partial charge in [-0.2, -0.15) is 0 Å². The third-order valence-electron chi connectivity index (χ3n) is 5.07. The first-order valence-electron chi connectivity index (χ1n) is 9.42. The molecule has 26 heavy (non-hydrogen) atoms. The van der Waals surface area contributed by atoms with Gasteiger partial charge in [0.1, 0.15) is 0 Å². The van der Waals surface area contributed by atoms with E-state index in [1.54, 1.807) is 6.34 Å². The van der Waals surface area contributed by atoms with Crippen molar-refractivity contribution in [3.05, 3.63) is 48.2 Å². The van der Waals surface area contributed by atoms with Gasteiger partial charge >= 0.3 is 0 Å². The van der Waals surface area contributed by atoms with Gasteiger partial charge in [0.05, 0.1) is 11.9 Å². The van der Waals surface area contributed by atoms with Crippen LogP contribution in [0.4, 0.5) is 0 Å². The standard InChI is InChI=1S/C21H31N3O2/c1-4-18(3)23-16-22-15-21(26)10-12-24(13-11-21)20(25)14-17(2)19-8-6-5-7-9-19/h5-9,16-17,26H,3-4,10-15H2,1-2H3,(H,22,23)/t17-/m1/s1. The molecule has 0 unspecified atom stereocenters. The predicted octanol–water partition coefficient (Wildman–Crippen LogP) is 3.08. The first kappa shape index (κ1) is 20.2. The molecule has 0 aromatic heterocycles. The van der Waals surface area contributed by atoms with Gasteiger partial charge in [0.15, 0.2) is 0 Å². The summed E-state index contributed by atoms with van der Waals surface area (Å²) in [6.45, 7) is 9.52. The minimum absolute atomic E-state index is 0.164. The summed E-state index contributed by atoms with van der Waals surface area (Å²) in [4.78, 5) is 18.6. The molecule has 1 aromatic carbocycles. The molecule has 0 bridgehead atoms. The Kier molecular flexibility index (Phi) is 7.39. The number of hydrogen-bond acceptors (Lipinski definition) is 3. The van der Waals surface area contributed by atoms with Gasteiger partial charge in [-0.05, 0) is 30.7 Å². The smallest absolute Gasteiger partial charge is 0.223 e. The van der Waals surface area contributed by atoms with Gasteiger partial charge in [-0.15, -0.1) is 0 Å². The number of allylic oxidation sites excluding steroid dienone is 1. The second-order valence-corrected chi connectivity index (χ2v) is 7.18. The second kappa shape index (κ2) is 9.53. The molecule has 0 saturated carbocycles. The van der Waals surface area contributed by atoms with Crippen LogP contribution in [-0.4, -0.2) is 47.5 Å². The Morgan fingerprint density at radius 2 is 2.04 bits per heavy atom. The van der Waals surface area contributed by atoms with Crippen LogP contribution in [0.25, 0.3) is 0 Å². The molecule has 1 saturated heterocycles. The average Bonchev–Trinajstić information content (AvgIpc) is 2.66. The van der Waals surface area contributed by atoms with Crippen molar-refractivity contribution in [2.45, 2.75) is 51.0 Å². The van der Waals surface area contributed by atoms with Gasteiger partial charge < -0.3 is 15.3 Å². The van der Waals surface area contributed by atoms with Crippen LogP contribution in [0.3, 0.4) is 0 Å². The van der Waals surface area contributed by atoms with Gasteiger partial charge in [0, 0.05) is 31.8 Å². The summed E-state index contributed by atoms with van der Waals surface area (Å²) in [5.74, 6) is 0.367. The van der Waals surface area contributed by atoms with Gasteiger partial charge in [-0.3, -0.25) is 4.79 Å². The molecule has 0 aliphatic carbocycles. The van der Waals surface area contributed by atoms with Crippen LogP contribution >= 0.6 is 0 Å². The van der Waals surface area contributed by atoms with Crippen molar-refractivity contribution in [2.24, 2.45) is 4.99 Å². The number of nitrogens with one attached hydrogen (secondary N) is 1. The second-order valence-electron chi connectivity index (χ2n) is 7.18. The van der Waals surface area contributed by atoms with Crippen molar-refractivity contribution >= 4 is 12.2 Å². The van der Waals surface area contributed by atoms with E-state index < -0.39 is 5.60 Å². The highest BCUT2D eigenvalue weighted by atomic mass is 16.3. The molecule has 1 heterocycles.